The lowest BCUT2D eigenvalue weighted by Gasteiger charge is -2.11. The van der Waals surface area contributed by atoms with Gasteiger partial charge in [-0.2, -0.15) is 0 Å². The highest BCUT2D eigenvalue weighted by molar-refractivity contribution is 5.69. The lowest BCUT2D eigenvalue weighted by Crippen LogP contribution is -2.08. The third kappa shape index (κ3) is 6.58. The van der Waals surface area contributed by atoms with Gasteiger partial charge in [-0.15, -0.1) is 0 Å². The summed E-state index contributed by atoms with van der Waals surface area (Å²) in [5.74, 6) is -0.0650. The van der Waals surface area contributed by atoms with Crippen LogP contribution in [0.4, 0.5) is 5.69 Å². The van der Waals surface area contributed by atoms with Crippen LogP contribution in [0.3, 0.4) is 0 Å². The quantitative estimate of drug-likeness (QED) is 0.298. The van der Waals surface area contributed by atoms with Gasteiger partial charge in [-0.3, -0.25) is 9.59 Å². The van der Waals surface area contributed by atoms with Gasteiger partial charge in [-0.05, 0) is 23.7 Å². The van der Waals surface area contributed by atoms with Gasteiger partial charge in [0, 0.05) is 4.91 Å². The number of azide groups is 1. The Kier molecular flexibility index (Phi) is 7.81. The molecule has 1 aromatic rings. The molecule has 0 aliphatic carbocycles. The minimum atomic E-state index is -0.405. The first-order valence-electron chi connectivity index (χ1n) is 6.69. The molecule has 23 heavy (non-hydrogen) atoms. The van der Waals surface area contributed by atoms with Crippen molar-refractivity contribution in [3.63, 3.8) is 0 Å². The molecule has 1 rings (SSSR count). The third-order valence-corrected chi connectivity index (χ3v) is 2.68. The van der Waals surface area contributed by atoms with Crippen LogP contribution in [0.5, 0.6) is 11.5 Å². The van der Waals surface area contributed by atoms with Gasteiger partial charge in [-0.25, -0.2) is 0 Å². The van der Waals surface area contributed by atoms with Gasteiger partial charge in [0.1, 0.15) is 11.5 Å². The molecule has 0 spiro atoms. The Morgan fingerprint density at radius 1 is 1.09 bits per heavy atom. The molecule has 0 aliphatic rings. The second-order valence-corrected chi connectivity index (χ2v) is 4.17. The zero-order chi connectivity index (χ0) is 17.1. The molecule has 0 aromatic heterocycles. The molecule has 0 radical (unpaired) electrons. The Labute approximate surface area is 132 Å². The summed E-state index contributed by atoms with van der Waals surface area (Å²) < 4.78 is 19.7. The molecule has 9 nitrogen and oxygen atoms in total. The average molecular weight is 323 g/mol. The molecule has 0 amide bonds. The monoisotopic (exact) mass is 323 g/mol. The molecule has 0 saturated carbocycles. The molecular formula is C14H17N3O6. The summed E-state index contributed by atoms with van der Waals surface area (Å²) in [4.78, 5) is 24.7. The van der Waals surface area contributed by atoms with Crippen molar-refractivity contribution in [1.82, 2.24) is 0 Å². The van der Waals surface area contributed by atoms with E-state index < -0.39 is 5.97 Å². The smallest absolute Gasteiger partial charge is 0.308 e. The second kappa shape index (κ2) is 9.91. The van der Waals surface area contributed by atoms with E-state index in [1.165, 1.54) is 20.3 Å². The number of carbonyl (C=O) groups is 2. The number of nitrogens with zero attached hydrogens (tertiary/aromatic N) is 3. The number of esters is 2. The summed E-state index contributed by atoms with van der Waals surface area (Å²) in [6, 6.07) is 4.63. The fraction of sp³-hybridized carbons (Fsp3) is 0.429. The molecular weight excluding hydrogens is 306 g/mol. The van der Waals surface area contributed by atoms with E-state index in [1.807, 2.05) is 0 Å². The predicted molar refractivity (Wildman–Crippen MR) is 79.5 cm³/mol. The zero-order valence-corrected chi connectivity index (χ0v) is 12.9. The van der Waals surface area contributed by atoms with E-state index in [2.05, 4.69) is 19.5 Å². The summed E-state index contributed by atoms with van der Waals surface area (Å²) in [6.07, 6.45) is 0.175. The van der Waals surface area contributed by atoms with E-state index >= 15 is 0 Å². The number of rotatable bonds is 9. The Bertz CT molecular complexity index is 598. The van der Waals surface area contributed by atoms with Crippen molar-refractivity contribution in [3.05, 3.63) is 28.6 Å². The van der Waals surface area contributed by atoms with Crippen molar-refractivity contribution in [1.29, 1.82) is 0 Å². The van der Waals surface area contributed by atoms with Crippen molar-refractivity contribution in [2.75, 3.05) is 27.4 Å². The van der Waals surface area contributed by atoms with E-state index in [9.17, 15) is 9.59 Å². The molecule has 0 atom stereocenters. The minimum Gasteiger partial charge on any atom is -0.493 e. The Hall–Kier alpha value is -2.93. The molecule has 0 fully saturated rings. The SMILES string of the molecule is COC(=O)CCOc1ccc(OCCC(=O)OC)c(N=[N+]=[N-])c1. The fourth-order valence-corrected chi connectivity index (χ4v) is 1.54. The van der Waals surface area contributed by atoms with E-state index in [1.54, 1.807) is 12.1 Å². The van der Waals surface area contributed by atoms with Crippen LogP contribution in [0.2, 0.25) is 0 Å². The number of hydrogen-bond acceptors (Lipinski definition) is 7. The third-order valence-electron chi connectivity index (χ3n) is 2.68. The summed E-state index contributed by atoms with van der Waals surface area (Å²) in [7, 11) is 2.58. The van der Waals surface area contributed by atoms with Gasteiger partial charge in [-0.1, -0.05) is 5.11 Å². The first-order valence-corrected chi connectivity index (χ1v) is 6.69. The Morgan fingerprint density at radius 2 is 1.70 bits per heavy atom. The van der Waals surface area contributed by atoms with E-state index in [4.69, 9.17) is 15.0 Å². The van der Waals surface area contributed by atoms with E-state index in [0.29, 0.717) is 11.5 Å². The van der Waals surface area contributed by atoms with Crippen molar-refractivity contribution in [2.45, 2.75) is 12.8 Å². The molecule has 1 aromatic carbocycles. The maximum Gasteiger partial charge on any atom is 0.308 e. The molecule has 9 heteroatoms. The van der Waals surface area contributed by atoms with Gasteiger partial charge < -0.3 is 18.9 Å². The van der Waals surface area contributed by atoms with Gasteiger partial charge in [0.2, 0.25) is 0 Å². The second-order valence-electron chi connectivity index (χ2n) is 4.17. The number of hydrogen-bond donors (Lipinski definition) is 0. The Morgan fingerprint density at radius 3 is 2.26 bits per heavy atom. The molecule has 124 valence electrons. The Balaban J connectivity index is 2.67. The standard InChI is InChI=1S/C14H17N3O6/c1-20-13(18)5-7-22-10-3-4-12(11(9-10)16-17-15)23-8-6-14(19)21-2/h3-4,9H,5-8H2,1-2H3. The van der Waals surface area contributed by atoms with Crippen LogP contribution < -0.4 is 9.47 Å². The van der Waals surface area contributed by atoms with Crippen LogP contribution in [0.1, 0.15) is 12.8 Å². The van der Waals surface area contributed by atoms with Crippen LogP contribution in [-0.2, 0) is 19.1 Å². The average Bonchev–Trinajstić information content (AvgIpc) is 2.56. The zero-order valence-electron chi connectivity index (χ0n) is 12.9. The summed E-state index contributed by atoms with van der Waals surface area (Å²) in [5, 5.41) is 3.51. The highest BCUT2D eigenvalue weighted by Gasteiger charge is 2.08. The number of carbonyl (C=O) groups excluding carboxylic acids is 2. The molecule has 0 saturated heterocycles. The highest BCUT2D eigenvalue weighted by Crippen LogP contribution is 2.32. The summed E-state index contributed by atoms with van der Waals surface area (Å²) >= 11 is 0. The molecule has 0 unspecified atom stereocenters. The number of methoxy groups -OCH3 is 2. The van der Waals surface area contributed by atoms with Gasteiger partial charge >= 0.3 is 11.9 Å². The van der Waals surface area contributed by atoms with Gasteiger partial charge in [0.25, 0.3) is 0 Å². The first-order chi connectivity index (χ1) is 11.1. The minimum absolute atomic E-state index is 0.0730. The summed E-state index contributed by atoms with van der Waals surface area (Å²) in [5.41, 5.74) is 8.81. The summed E-state index contributed by atoms with van der Waals surface area (Å²) in [6.45, 7) is 0.216. The van der Waals surface area contributed by atoms with Crippen LogP contribution >= 0.6 is 0 Å². The highest BCUT2D eigenvalue weighted by atomic mass is 16.5. The number of benzene rings is 1. The lowest BCUT2D eigenvalue weighted by atomic mass is 10.3. The van der Waals surface area contributed by atoms with Crippen molar-refractivity contribution in [2.24, 2.45) is 5.11 Å². The van der Waals surface area contributed by atoms with E-state index in [-0.39, 0.29) is 37.7 Å². The van der Waals surface area contributed by atoms with Gasteiger partial charge in [0.15, 0.2) is 0 Å². The van der Waals surface area contributed by atoms with Crippen molar-refractivity contribution < 1.29 is 28.5 Å². The van der Waals surface area contributed by atoms with Crippen LogP contribution in [0.15, 0.2) is 23.3 Å². The maximum atomic E-state index is 11.0. The lowest BCUT2D eigenvalue weighted by molar-refractivity contribution is -0.142. The van der Waals surface area contributed by atoms with Crippen LogP contribution in [0.25, 0.3) is 10.4 Å². The van der Waals surface area contributed by atoms with Crippen molar-refractivity contribution >= 4 is 17.6 Å². The van der Waals surface area contributed by atoms with Crippen LogP contribution in [0, 0.1) is 0 Å². The predicted octanol–water partition coefficient (Wildman–Crippen LogP) is 2.51. The van der Waals surface area contributed by atoms with Gasteiger partial charge in [0.05, 0.1) is 46.0 Å². The topological polar surface area (TPSA) is 120 Å². The first kappa shape index (κ1) is 18.1. The normalized spacial score (nSPS) is 9.48. The molecule has 0 aliphatic heterocycles. The van der Waals surface area contributed by atoms with Crippen molar-refractivity contribution in [3.8, 4) is 11.5 Å². The maximum absolute atomic E-state index is 11.0. The number of ether oxygens (including phenoxy) is 4. The van der Waals surface area contributed by atoms with E-state index in [0.717, 1.165) is 0 Å². The fourth-order valence-electron chi connectivity index (χ4n) is 1.54. The largest absolute Gasteiger partial charge is 0.493 e. The van der Waals surface area contributed by atoms with Crippen LogP contribution in [-0.4, -0.2) is 39.4 Å². The molecule has 0 heterocycles. The molecule has 0 N–H and O–H groups in total. The molecule has 0 bridgehead atoms.